The molecule has 10 heteroatoms. The summed E-state index contributed by atoms with van der Waals surface area (Å²) in [6.45, 7) is 1.70. The summed E-state index contributed by atoms with van der Waals surface area (Å²) in [7, 11) is 1.21. The number of carbonyl (C=O) groups excluding carboxylic acids is 2. The van der Waals surface area contributed by atoms with Crippen LogP contribution in [0.15, 0.2) is 24.3 Å². The number of halogens is 3. The van der Waals surface area contributed by atoms with E-state index in [9.17, 15) is 22.8 Å². The normalized spacial score (nSPS) is 15.8. The number of amides is 1. The van der Waals surface area contributed by atoms with E-state index in [1.54, 1.807) is 25.1 Å². The minimum absolute atomic E-state index is 0.0836. The molecule has 1 aromatic heterocycles. The summed E-state index contributed by atoms with van der Waals surface area (Å²) in [5, 5.41) is 0.273. The highest BCUT2D eigenvalue weighted by molar-refractivity contribution is 7.18. The molecular formula is C20H15F3N2O4S. The quantitative estimate of drug-likeness (QED) is 0.459. The molecule has 0 N–H and O–H groups in total. The minimum Gasteiger partial charge on any atom is -0.478 e. The Hall–Kier alpha value is -3.14. The van der Waals surface area contributed by atoms with Crippen molar-refractivity contribution in [3.63, 3.8) is 0 Å². The van der Waals surface area contributed by atoms with Gasteiger partial charge in [-0.2, -0.15) is 0 Å². The highest BCUT2D eigenvalue weighted by atomic mass is 32.1. The van der Waals surface area contributed by atoms with Gasteiger partial charge in [0.25, 0.3) is 5.91 Å². The maximum absolute atomic E-state index is 14.1. The third kappa shape index (κ3) is 3.36. The first-order chi connectivity index (χ1) is 14.3. The number of benzene rings is 2. The second kappa shape index (κ2) is 7.60. The van der Waals surface area contributed by atoms with Gasteiger partial charge in [0.1, 0.15) is 16.3 Å². The van der Waals surface area contributed by atoms with E-state index in [0.717, 1.165) is 23.0 Å². The Morgan fingerprint density at radius 1 is 1.30 bits per heavy atom. The summed E-state index contributed by atoms with van der Waals surface area (Å²) in [5.74, 6) is -5.00. The predicted octanol–water partition coefficient (Wildman–Crippen LogP) is 3.88. The van der Waals surface area contributed by atoms with Gasteiger partial charge in [0.15, 0.2) is 23.6 Å². The summed E-state index contributed by atoms with van der Waals surface area (Å²) in [5.41, 5.74) is 0.924. The highest BCUT2D eigenvalue weighted by Crippen LogP contribution is 2.39. The molecule has 0 saturated heterocycles. The Balaban J connectivity index is 1.75. The molecule has 3 aromatic rings. The van der Waals surface area contributed by atoms with Crippen LogP contribution in [0.1, 0.15) is 17.0 Å². The molecule has 2 aromatic carbocycles. The van der Waals surface area contributed by atoms with Gasteiger partial charge >= 0.3 is 5.97 Å². The summed E-state index contributed by atoms with van der Waals surface area (Å²) >= 11 is 0.946. The Labute approximate surface area is 172 Å². The Morgan fingerprint density at radius 3 is 2.80 bits per heavy atom. The topological polar surface area (TPSA) is 68.7 Å². The maximum Gasteiger partial charge on any atom is 0.309 e. The summed E-state index contributed by atoms with van der Waals surface area (Å²) in [6.07, 6.45) is -1.39. The molecule has 0 fully saturated rings. The molecule has 0 saturated carbocycles. The van der Waals surface area contributed by atoms with Crippen molar-refractivity contribution in [3.8, 4) is 5.75 Å². The van der Waals surface area contributed by atoms with Crippen LogP contribution in [0.5, 0.6) is 5.75 Å². The lowest BCUT2D eigenvalue weighted by Crippen LogP contribution is -2.46. The van der Waals surface area contributed by atoms with Crippen LogP contribution in [-0.2, 0) is 20.9 Å². The number of aromatic nitrogens is 1. The number of esters is 1. The lowest BCUT2D eigenvalue weighted by Gasteiger charge is -2.34. The number of hydrogen-bond acceptors (Lipinski definition) is 6. The monoisotopic (exact) mass is 436 g/mol. The Morgan fingerprint density at radius 2 is 2.07 bits per heavy atom. The van der Waals surface area contributed by atoms with E-state index in [1.807, 2.05) is 0 Å². The molecular weight excluding hydrogens is 421 g/mol. The Bertz CT molecular complexity index is 1180. The summed E-state index contributed by atoms with van der Waals surface area (Å²) < 4.78 is 51.6. The van der Waals surface area contributed by atoms with E-state index in [4.69, 9.17) is 4.74 Å². The van der Waals surface area contributed by atoms with Crippen LogP contribution in [0, 0.1) is 24.4 Å². The number of carbonyl (C=O) groups is 2. The minimum atomic E-state index is -1.60. The second-order valence-corrected chi connectivity index (χ2v) is 7.79. The van der Waals surface area contributed by atoms with E-state index >= 15 is 0 Å². The number of ether oxygens (including phenoxy) is 2. The van der Waals surface area contributed by atoms with Gasteiger partial charge in [-0.25, -0.2) is 18.2 Å². The van der Waals surface area contributed by atoms with E-state index in [1.165, 1.54) is 12.0 Å². The smallest absolute Gasteiger partial charge is 0.309 e. The van der Waals surface area contributed by atoms with Crippen LogP contribution in [0.3, 0.4) is 0 Å². The largest absolute Gasteiger partial charge is 0.478 e. The number of fused-ring (bicyclic) bond motifs is 2. The number of nitrogens with zero attached hydrogens (tertiary/aromatic N) is 2. The van der Waals surface area contributed by atoms with Crippen LogP contribution >= 0.6 is 11.3 Å². The van der Waals surface area contributed by atoms with Crippen LogP contribution in [-0.4, -0.2) is 30.1 Å². The van der Waals surface area contributed by atoms with E-state index in [0.29, 0.717) is 11.4 Å². The number of aryl methyl sites for hydroxylation is 1. The molecule has 0 spiro atoms. The van der Waals surface area contributed by atoms with Crippen molar-refractivity contribution in [3.05, 3.63) is 52.3 Å². The van der Waals surface area contributed by atoms with Crippen molar-refractivity contribution in [2.75, 3.05) is 12.0 Å². The third-order valence-electron chi connectivity index (χ3n) is 4.72. The number of anilines is 1. The molecule has 1 amide bonds. The van der Waals surface area contributed by atoms with Crippen LogP contribution < -0.4 is 9.64 Å². The maximum atomic E-state index is 14.1. The first kappa shape index (κ1) is 20.1. The molecule has 1 atom stereocenters. The summed E-state index contributed by atoms with van der Waals surface area (Å²) in [6, 6.07) is 6.06. The van der Waals surface area contributed by atoms with Crippen molar-refractivity contribution < 1.29 is 32.2 Å². The molecule has 0 bridgehead atoms. The van der Waals surface area contributed by atoms with Crippen molar-refractivity contribution in [1.82, 2.24) is 4.98 Å². The van der Waals surface area contributed by atoms with Gasteiger partial charge in [0.2, 0.25) is 0 Å². The molecule has 30 heavy (non-hydrogen) atoms. The molecule has 4 rings (SSSR count). The van der Waals surface area contributed by atoms with E-state index < -0.39 is 35.4 Å². The number of hydrogen-bond donors (Lipinski definition) is 0. The second-order valence-electron chi connectivity index (χ2n) is 6.67. The fourth-order valence-corrected chi connectivity index (χ4v) is 4.28. The first-order valence-corrected chi connectivity index (χ1v) is 9.69. The SMILES string of the molecule is COC(=O)CC1Oc2cccc(C)c2N(Cc2nc3c(F)c(F)c(F)cc3s2)C1=O. The van der Waals surface area contributed by atoms with Gasteiger partial charge in [-0.1, -0.05) is 12.1 Å². The standard InChI is InChI=1S/C20H15F3N2O4S/c1-9-4-3-5-11-19(9)25(20(27)12(29-11)7-15(26)28-2)8-14-24-18-13(30-14)6-10(21)16(22)17(18)23/h3-6,12H,7-8H2,1-2H3. The average Bonchev–Trinajstić information content (AvgIpc) is 3.11. The molecule has 1 aliphatic heterocycles. The number of rotatable bonds is 4. The van der Waals surface area contributed by atoms with Gasteiger partial charge in [-0.3, -0.25) is 14.5 Å². The lowest BCUT2D eigenvalue weighted by atomic mass is 10.1. The van der Waals surface area contributed by atoms with Gasteiger partial charge < -0.3 is 9.47 Å². The number of thiazole rings is 1. The van der Waals surface area contributed by atoms with Crippen LogP contribution in [0.25, 0.3) is 10.2 Å². The fourth-order valence-electron chi connectivity index (χ4n) is 3.30. The molecule has 1 unspecified atom stereocenters. The highest BCUT2D eigenvalue weighted by Gasteiger charge is 2.37. The zero-order valence-corrected chi connectivity index (χ0v) is 16.7. The van der Waals surface area contributed by atoms with Crippen molar-refractivity contribution in [2.24, 2.45) is 0 Å². The average molecular weight is 436 g/mol. The lowest BCUT2D eigenvalue weighted by molar-refractivity contribution is -0.145. The first-order valence-electron chi connectivity index (χ1n) is 8.87. The van der Waals surface area contributed by atoms with E-state index in [2.05, 4.69) is 9.72 Å². The summed E-state index contributed by atoms with van der Waals surface area (Å²) in [4.78, 5) is 30.2. The molecule has 2 heterocycles. The van der Waals surface area contributed by atoms with Crippen LogP contribution in [0.4, 0.5) is 18.9 Å². The number of para-hydroxylation sites is 1. The fraction of sp³-hybridized carbons (Fsp3) is 0.250. The van der Waals surface area contributed by atoms with Gasteiger partial charge in [0, 0.05) is 0 Å². The predicted molar refractivity (Wildman–Crippen MR) is 103 cm³/mol. The van der Waals surface area contributed by atoms with Crippen molar-refractivity contribution in [1.29, 1.82) is 0 Å². The molecule has 0 radical (unpaired) electrons. The molecule has 156 valence electrons. The van der Waals surface area contributed by atoms with Crippen molar-refractivity contribution in [2.45, 2.75) is 26.0 Å². The zero-order chi connectivity index (χ0) is 21.6. The molecule has 0 aliphatic carbocycles. The van der Waals surface area contributed by atoms with Gasteiger partial charge in [-0.15, -0.1) is 11.3 Å². The van der Waals surface area contributed by atoms with Crippen LogP contribution in [0.2, 0.25) is 0 Å². The van der Waals surface area contributed by atoms with E-state index in [-0.39, 0.29) is 28.2 Å². The zero-order valence-electron chi connectivity index (χ0n) is 15.9. The van der Waals surface area contributed by atoms with Gasteiger partial charge in [0.05, 0.1) is 30.5 Å². The molecule has 1 aliphatic rings. The number of methoxy groups -OCH3 is 1. The Kier molecular flexibility index (Phi) is 5.10. The van der Waals surface area contributed by atoms with Crippen molar-refractivity contribution >= 4 is 39.1 Å². The molecule has 6 nitrogen and oxygen atoms in total. The third-order valence-corrected chi connectivity index (χ3v) is 5.71. The van der Waals surface area contributed by atoms with Gasteiger partial charge in [-0.05, 0) is 24.6 Å².